The second kappa shape index (κ2) is 16.4. The second-order valence-corrected chi connectivity index (χ2v) is 15.0. The van der Waals surface area contributed by atoms with Crippen LogP contribution in [-0.4, -0.2) is 141 Å². The molecule has 0 radical (unpaired) electrons. The van der Waals surface area contributed by atoms with Crippen molar-refractivity contribution in [1.82, 2.24) is 0 Å². The fraction of sp³-hybridized carbons (Fsp3) is 0.390. The molecular formula is C41H41N5O14. The minimum Gasteiger partial charge on any atom is -0.857 e. The van der Waals surface area contributed by atoms with Gasteiger partial charge in [-0.1, -0.05) is 24.3 Å². The maximum Gasteiger partial charge on any atom is 0.262 e. The van der Waals surface area contributed by atoms with Gasteiger partial charge in [0.05, 0.1) is 24.9 Å². The molecule has 8 N–H and O–H groups in total. The third kappa shape index (κ3) is 7.02. The molecule has 0 saturated carbocycles. The highest BCUT2D eigenvalue weighted by atomic mass is 16.7. The first kappa shape index (κ1) is 41.1. The highest BCUT2D eigenvalue weighted by molar-refractivity contribution is 6.66. The molecule has 2 bridgehead atoms. The number of nitrogens with zero attached hydrogens (tertiary/aromatic N) is 3. The third-order valence-electron chi connectivity index (χ3n) is 11.3. The second-order valence-electron chi connectivity index (χ2n) is 15.0. The number of benzene rings is 3. The summed E-state index contributed by atoms with van der Waals surface area (Å²) in [5.41, 5.74) is -1.41. The maximum atomic E-state index is 14.7. The number of quaternary nitrogens is 1. The Morgan fingerprint density at radius 1 is 1.05 bits per heavy atom. The van der Waals surface area contributed by atoms with Crippen molar-refractivity contribution in [3.8, 4) is 11.5 Å². The molecule has 0 amide bonds. The number of aliphatic imine (C=N–C) groups is 3. The number of guanidine groups is 1. The van der Waals surface area contributed by atoms with Crippen molar-refractivity contribution in [1.29, 1.82) is 5.41 Å². The molecule has 4 aliphatic heterocycles. The standard InChI is InChI=1S/C41H41N5O14/c42-40-44-37-30(38(55)45-40)43-18-46(37)27-4-2-1-3-22(27)21-8-12-57-17-28-33(53)36(54)41(56,9-11-48)39(59-28)60-34-25(21)14-26-29(35(34)58-16-20(50)7-10-47)32(52)24-13-19(15-49)5-6-23(24)31(26)51/h1-6,10,13-14,20-21,28,33,36,39,48-50,53-54,56H,7-9,11-12,15-18H2,(H2,42,45,55). The predicted molar refractivity (Wildman–Crippen MR) is 205 cm³/mol. The van der Waals surface area contributed by atoms with Gasteiger partial charge < -0.3 is 59.5 Å². The first-order valence-corrected chi connectivity index (χ1v) is 19.2. The zero-order chi connectivity index (χ0) is 42.5. The van der Waals surface area contributed by atoms with Gasteiger partial charge in [0.1, 0.15) is 36.9 Å². The number of ether oxygens (including phenoxy) is 4. The normalized spacial score (nSPS) is 27.8. The molecule has 0 spiro atoms. The summed E-state index contributed by atoms with van der Waals surface area (Å²) in [4.78, 5) is 53.3. The van der Waals surface area contributed by atoms with Gasteiger partial charge in [0.2, 0.25) is 12.2 Å². The van der Waals surface area contributed by atoms with E-state index in [9.17, 15) is 50.1 Å². The Balaban J connectivity index is 1.39. The summed E-state index contributed by atoms with van der Waals surface area (Å²) in [6, 6.07) is 12.8. The molecule has 3 aromatic rings. The molecule has 60 heavy (non-hydrogen) atoms. The average molecular weight is 828 g/mol. The molecule has 19 nitrogen and oxygen atoms in total. The topological polar surface area (TPSA) is 298 Å². The van der Waals surface area contributed by atoms with Crippen LogP contribution >= 0.6 is 0 Å². The summed E-state index contributed by atoms with van der Waals surface area (Å²) in [5, 5.41) is 86.1. The van der Waals surface area contributed by atoms with Gasteiger partial charge in [-0.3, -0.25) is 15.0 Å². The highest BCUT2D eigenvalue weighted by Crippen LogP contribution is 2.50. The number of aldehydes is 1. The lowest BCUT2D eigenvalue weighted by molar-refractivity contribution is -0.723. The number of aliphatic hydroxyl groups is 6. The minimum atomic E-state index is -2.50. The third-order valence-corrected chi connectivity index (χ3v) is 11.3. The van der Waals surface area contributed by atoms with E-state index in [1.165, 1.54) is 24.3 Å². The van der Waals surface area contributed by atoms with E-state index >= 15 is 0 Å². The van der Waals surface area contributed by atoms with E-state index in [1.54, 1.807) is 24.3 Å². The van der Waals surface area contributed by atoms with Crippen molar-refractivity contribution in [2.75, 3.05) is 33.1 Å². The molecule has 0 aromatic heterocycles. The number of para-hydroxylation sites is 1. The Morgan fingerprint density at radius 2 is 1.85 bits per heavy atom. The van der Waals surface area contributed by atoms with Crippen LogP contribution in [0.2, 0.25) is 0 Å². The van der Waals surface area contributed by atoms with E-state index < -0.39 is 97.6 Å². The molecular weight excluding hydrogens is 786 g/mol. The van der Waals surface area contributed by atoms with Gasteiger partial charge in [-0.2, -0.15) is 4.99 Å². The lowest BCUT2D eigenvalue weighted by Crippen LogP contribution is -3.09. The van der Waals surface area contributed by atoms with E-state index in [1.807, 2.05) is 0 Å². The zero-order valence-corrected chi connectivity index (χ0v) is 31.8. The van der Waals surface area contributed by atoms with Crippen LogP contribution in [0.5, 0.6) is 11.5 Å². The summed E-state index contributed by atoms with van der Waals surface area (Å²) >= 11 is 0. The van der Waals surface area contributed by atoms with Crippen molar-refractivity contribution in [3.63, 3.8) is 0 Å². The Kier molecular flexibility index (Phi) is 11.3. The van der Waals surface area contributed by atoms with Gasteiger partial charge in [-0.25, -0.2) is 14.9 Å². The van der Waals surface area contributed by atoms with Crippen LogP contribution in [0.15, 0.2) is 63.5 Å². The molecule has 8 rings (SSSR count). The van der Waals surface area contributed by atoms with Gasteiger partial charge in [-0.15, -0.1) is 0 Å². The molecule has 314 valence electrons. The fourth-order valence-electron chi connectivity index (χ4n) is 8.30. The van der Waals surface area contributed by atoms with Crippen LogP contribution in [0.3, 0.4) is 0 Å². The van der Waals surface area contributed by atoms with Crippen LogP contribution < -0.4 is 19.5 Å². The van der Waals surface area contributed by atoms with Crippen molar-refractivity contribution < 1.29 is 74.0 Å². The summed E-state index contributed by atoms with van der Waals surface area (Å²) in [6.45, 7) is -2.08. The van der Waals surface area contributed by atoms with E-state index in [4.69, 9.17) is 24.4 Å². The Hall–Kier alpha value is -5.61. The number of hydrogen-bond acceptors (Lipinski definition) is 16. The molecule has 8 unspecified atom stereocenters. The van der Waals surface area contributed by atoms with Crippen LogP contribution in [0, 0.1) is 5.41 Å². The predicted octanol–water partition coefficient (Wildman–Crippen LogP) is -2.19. The van der Waals surface area contributed by atoms with Gasteiger partial charge in [0, 0.05) is 65.7 Å². The SMILES string of the molecule is N=C1N=C([O-])C2=NC[NH+](c3ccccc3C3CCOCC4OC(Oc5c3cc3c(c5OCC(O)CC=O)C(=O)c5cc(CO)ccc5C3=O)C(O)(CCO)C(O)C4O)C2=N1. The molecule has 8 atom stereocenters. The molecule has 19 heteroatoms. The number of carbonyl (C=O) groups is 3. The number of aliphatic hydroxyl groups excluding tert-OH is 5. The Morgan fingerprint density at radius 3 is 2.62 bits per heavy atom. The highest BCUT2D eigenvalue weighted by Gasteiger charge is 2.57. The number of fused-ring (bicyclic) bond motifs is 6. The molecule has 1 aliphatic carbocycles. The molecule has 1 saturated heterocycles. The van der Waals surface area contributed by atoms with E-state index in [0.717, 1.165) is 0 Å². The van der Waals surface area contributed by atoms with Crippen LogP contribution in [0.1, 0.15) is 73.7 Å². The fourth-order valence-corrected chi connectivity index (χ4v) is 8.30. The molecule has 3 aromatic carbocycles. The molecule has 1 fully saturated rings. The van der Waals surface area contributed by atoms with Crippen molar-refractivity contribution in [2.45, 2.75) is 68.1 Å². The van der Waals surface area contributed by atoms with Gasteiger partial charge in [-0.05, 0) is 36.2 Å². The number of hydrogen-bond donors (Lipinski definition) is 8. The molecule has 4 heterocycles. The number of carbonyl (C=O) groups excluding carboxylic acids is 3. The van der Waals surface area contributed by atoms with Crippen molar-refractivity contribution in [2.24, 2.45) is 15.0 Å². The Bertz CT molecular complexity index is 2360. The lowest BCUT2D eigenvalue weighted by Gasteiger charge is -2.47. The summed E-state index contributed by atoms with van der Waals surface area (Å²) in [7, 11) is 0. The summed E-state index contributed by atoms with van der Waals surface area (Å²) < 4.78 is 25.0. The first-order chi connectivity index (χ1) is 28.9. The lowest BCUT2D eigenvalue weighted by atomic mass is 9.78. The zero-order valence-electron chi connectivity index (χ0n) is 31.8. The van der Waals surface area contributed by atoms with E-state index in [-0.39, 0.29) is 77.8 Å². The smallest absolute Gasteiger partial charge is 0.262 e. The van der Waals surface area contributed by atoms with Crippen molar-refractivity contribution in [3.05, 3.63) is 87.5 Å². The number of rotatable bonds is 10. The number of nitrogens with one attached hydrogen (secondary N) is 2. The largest absolute Gasteiger partial charge is 0.857 e. The van der Waals surface area contributed by atoms with E-state index in [0.29, 0.717) is 28.0 Å². The molecule has 5 aliphatic rings. The number of amidine groups is 1. The number of ketones is 2. The van der Waals surface area contributed by atoms with E-state index in [2.05, 4.69) is 15.0 Å². The average Bonchev–Trinajstić information content (AvgIpc) is 3.65. The first-order valence-electron chi connectivity index (χ1n) is 19.2. The van der Waals surface area contributed by atoms with Gasteiger partial charge in [0.25, 0.3) is 5.84 Å². The van der Waals surface area contributed by atoms with Crippen LogP contribution in [0.25, 0.3) is 0 Å². The van der Waals surface area contributed by atoms with Crippen LogP contribution in [-0.2, 0) is 20.9 Å². The Labute approximate surface area is 341 Å². The summed E-state index contributed by atoms with van der Waals surface area (Å²) in [5.74, 6) is -3.94. The maximum absolute atomic E-state index is 14.7. The van der Waals surface area contributed by atoms with Crippen LogP contribution in [0.4, 0.5) is 5.69 Å². The van der Waals surface area contributed by atoms with Crippen molar-refractivity contribution >= 4 is 46.9 Å². The van der Waals surface area contributed by atoms with Gasteiger partial charge in [0.15, 0.2) is 41.0 Å². The van der Waals surface area contributed by atoms with Gasteiger partial charge >= 0.3 is 0 Å². The summed E-state index contributed by atoms with van der Waals surface area (Å²) in [6.07, 6.45) is -8.63. The minimum absolute atomic E-state index is 0.000625. The monoisotopic (exact) mass is 827 g/mol. The quantitative estimate of drug-likeness (QED) is 0.0789.